The summed E-state index contributed by atoms with van der Waals surface area (Å²) in [6, 6.07) is 12.4. The van der Waals surface area contributed by atoms with Crippen LogP contribution in [0, 0.1) is 0 Å². The van der Waals surface area contributed by atoms with E-state index in [1.165, 1.54) is 10.8 Å². The maximum absolute atomic E-state index is 3.74. The third kappa shape index (κ3) is 1.63. The highest BCUT2D eigenvalue weighted by atomic mass is 14.0. The summed E-state index contributed by atoms with van der Waals surface area (Å²) in [4.78, 5) is 0. The van der Waals surface area contributed by atoms with Gasteiger partial charge in [-0.3, -0.25) is 0 Å². The van der Waals surface area contributed by atoms with Gasteiger partial charge in [0.1, 0.15) is 0 Å². The van der Waals surface area contributed by atoms with E-state index >= 15 is 0 Å². The second kappa shape index (κ2) is 4.00. The highest BCUT2D eigenvalue weighted by Gasteiger charge is 1.93. The van der Waals surface area contributed by atoms with Crippen LogP contribution in [0.15, 0.2) is 55.6 Å². The summed E-state index contributed by atoms with van der Waals surface area (Å²) in [5.74, 6) is 0. The van der Waals surface area contributed by atoms with E-state index in [1.54, 1.807) is 6.08 Å². The number of allylic oxidation sites excluding steroid dienone is 1. The zero-order valence-electron chi connectivity index (χ0n) is 8.53. The molecular formula is C15H12. The average Bonchev–Trinajstić information content (AvgIpc) is 2.29. The van der Waals surface area contributed by atoms with Crippen LogP contribution in [0.1, 0.15) is 0 Å². The highest BCUT2D eigenvalue weighted by Crippen LogP contribution is 2.05. The summed E-state index contributed by atoms with van der Waals surface area (Å²) >= 11 is 0. The fourth-order valence-corrected chi connectivity index (χ4v) is 1.75. The molecule has 0 heteroatoms. The summed E-state index contributed by atoms with van der Waals surface area (Å²) in [7, 11) is 0. The zero-order chi connectivity index (χ0) is 10.7. The zero-order valence-corrected chi connectivity index (χ0v) is 8.53. The van der Waals surface area contributed by atoms with Gasteiger partial charge in [-0.1, -0.05) is 61.7 Å². The molecule has 0 bridgehead atoms. The van der Waals surface area contributed by atoms with Crippen LogP contribution in [0.4, 0.5) is 0 Å². The molecule has 0 aliphatic carbocycles. The lowest BCUT2D eigenvalue weighted by molar-refractivity contribution is 1.59. The second-order valence-corrected chi connectivity index (χ2v) is 3.33. The van der Waals surface area contributed by atoms with Crippen molar-refractivity contribution >= 4 is 22.6 Å². The first-order chi connectivity index (χ1) is 7.36. The molecule has 2 rings (SSSR count). The van der Waals surface area contributed by atoms with Gasteiger partial charge in [0.05, 0.1) is 0 Å². The molecular weight excluding hydrogens is 180 g/mol. The van der Waals surface area contributed by atoms with Gasteiger partial charge in [0.25, 0.3) is 0 Å². The predicted octanol–water partition coefficient (Wildman–Crippen LogP) is 2.37. The minimum absolute atomic E-state index is 1.05. The third-order valence-corrected chi connectivity index (χ3v) is 2.44. The molecule has 0 saturated heterocycles. The van der Waals surface area contributed by atoms with Crippen LogP contribution in [0.2, 0.25) is 0 Å². The first kappa shape index (κ1) is 9.51. The van der Waals surface area contributed by atoms with E-state index in [0.717, 1.165) is 10.4 Å². The molecule has 0 aliphatic rings. The fourth-order valence-electron chi connectivity index (χ4n) is 1.75. The van der Waals surface area contributed by atoms with Gasteiger partial charge in [-0.05, 0) is 16.0 Å². The molecule has 2 aromatic rings. The molecule has 0 radical (unpaired) electrons. The van der Waals surface area contributed by atoms with Crippen LogP contribution in [0.5, 0.6) is 0 Å². The van der Waals surface area contributed by atoms with Gasteiger partial charge < -0.3 is 0 Å². The Bertz CT molecular complexity index is 641. The Kier molecular flexibility index (Phi) is 2.53. The van der Waals surface area contributed by atoms with Crippen LogP contribution in [-0.2, 0) is 0 Å². The Morgan fingerprint density at radius 1 is 1.07 bits per heavy atom. The van der Waals surface area contributed by atoms with Crippen LogP contribution in [0.25, 0.3) is 22.6 Å². The van der Waals surface area contributed by atoms with Crippen molar-refractivity contribution in [1.29, 1.82) is 0 Å². The molecule has 0 saturated carbocycles. The number of fused-ring (bicyclic) bond motifs is 1. The standard InChI is InChI=1S/C15H12/c1-3-7-12-10-11-13-8-5-6-9-15(13)14(12)4-2/h3,5-11H,1-2H2/b12-7-. The van der Waals surface area contributed by atoms with Gasteiger partial charge in [0.15, 0.2) is 0 Å². The van der Waals surface area contributed by atoms with Crippen LogP contribution in [0.3, 0.4) is 0 Å². The normalized spacial score (nSPS) is 11.3. The molecule has 0 N–H and O–H groups in total. The maximum atomic E-state index is 3.74. The number of hydrogen-bond donors (Lipinski definition) is 0. The van der Waals surface area contributed by atoms with Crippen molar-refractivity contribution in [3.05, 3.63) is 66.1 Å². The fraction of sp³-hybridized carbons (Fsp3) is 0. The lowest BCUT2D eigenvalue weighted by Gasteiger charge is -1.97. The van der Waals surface area contributed by atoms with E-state index < -0.39 is 0 Å². The van der Waals surface area contributed by atoms with Crippen molar-refractivity contribution in [2.24, 2.45) is 0 Å². The molecule has 0 atom stereocenters. The van der Waals surface area contributed by atoms with E-state index in [2.05, 4.69) is 43.2 Å². The summed E-state index contributed by atoms with van der Waals surface area (Å²) < 4.78 is 0. The highest BCUT2D eigenvalue weighted by molar-refractivity contribution is 5.83. The minimum Gasteiger partial charge on any atom is -0.119 e. The Hall–Kier alpha value is -2.04. The molecule has 0 heterocycles. The number of rotatable bonds is 1. The van der Waals surface area contributed by atoms with Crippen molar-refractivity contribution in [2.75, 3.05) is 0 Å². The van der Waals surface area contributed by atoms with E-state index in [-0.39, 0.29) is 0 Å². The number of hydrogen-bond acceptors (Lipinski definition) is 0. The quantitative estimate of drug-likeness (QED) is 0.650. The molecule has 0 aliphatic heterocycles. The first-order valence-corrected chi connectivity index (χ1v) is 4.87. The first-order valence-electron chi connectivity index (χ1n) is 4.87. The molecule has 15 heavy (non-hydrogen) atoms. The van der Waals surface area contributed by atoms with Crippen molar-refractivity contribution in [3.63, 3.8) is 0 Å². The Morgan fingerprint density at radius 3 is 2.60 bits per heavy atom. The van der Waals surface area contributed by atoms with E-state index in [9.17, 15) is 0 Å². The third-order valence-electron chi connectivity index (χ3n) is 2.44. The van der Waals surface area contributed by atoms with E-state index in [1.807, 2.05) is 18.2 Å². The molecule has 0 nitrogen and oxygen atoms in total. The monoisotopic (exact) mass is 192 g/mol. The largest absolute Gasteiger partial charge is 0.119 e. The number of benzene rings is 2. The lowest BCUT2D eigenvalue weighted by Crippen LogP contribution is -2.23. The molecule has 2 aromatic carbocycles. The Morgan fingerprint density at radius 2 is 1.87 bits per heavy atom. The smallest absolute Gasteiger partial charge is 0.0309 e. The second-order valence-electron chi connectivity index (χ2n) is 3.33. The summed E-state index contributed by atoms with van der Waals surface area (Å²) in [5, 5.41) is 4.56. The van der Waals surface area contributed by atoms with Crippen LogP contribution >= 0.6 is 0 Å². The SMILES string of the molecule is C=C=c1/c(=C\C=C)ccc2ccccc12. The molecule has 0 fully saturated rings. The topological polar surface area (TPSA) is 0 Å². The average molecular weight is 192 g/mol. The predicted molar refractivity (Wildman–Crippen MR) is 66.9 cm³/mol. The van der Waals surface area contributed by atoms with Crippen molar-refractivity contribution in [3.8, 4) is 0 Å². The lowest BCUT2D eigenvalue weighted by atomic mass is 10.1. The molecule has 0 unspecified atom stereocenters. The van der Waals surface area contributed by atoms with Gasteiger partial charge in [0, 0.05) is 5.22 Å². The summed E-state index contributed by atoms with van der Waals surface area (Å²) in [6.45, 7) is 7.45. The van der Waals surface area contributed by atoms with Crippen LogP contribution < -0.4 is 10.4 Å². The van der Waals surface area contributed by atoms with E-state index in [0.29, 0.717) is 0 Å². The molecule has 0 aromatic heterocycles. The molecule has 0 spiro atoms. The van der Waals surface area contributed by atoms with Crippen molar-refractivity contribution in [1.82, 2.24) is 0 Å². The molecule has 0 amide bonds. The Labute approximate surface area is 89.2 Å². The van der Waals surface area contributed by atoms with Crippen molar-refractivity contribution < 1.29 is 0 Å². The Balaban J connectivity index is 3.09. The van der Waals surface area contributed by atoms with Crippen molar-refractivity contribution in [2.45, 2.75) is 0 Å². The van der Waals surface area contributed by atoms with Gasteiger partial charge >= 0.3 is 0 Å². The van der Waals surface area contributed by atoms with Gasteiger partial charge in [-0.25, -0.2) is 0 Å². The van der Waals surface area contributed by atoms with Crippen LogP contribution in [-0.4, -0.2) is 0 Å². The summed E-state index contributed by atoms with van der Waals surface area (Å²) in [5.41, 5.74) is 2.99. The van der Waals surface area contributed by atoms with Gasteiger partial charge in [0.2, 0.25) is 0 Å². The summed E-state index contributed by atoms with van der Waals surface area (Å²) in [6.07, 6.45) is 3.75. The van der Waals surface area contributed by atoms with Gasteiger partial charge in [-0.2, -0.15) is 0 Å². The maximum Gasteiger partial charge on any atom is 0.0309 e. The minimum atomic E-state index is 1.05. The van der Waals surface area contributed by atoms with E-state index in [4.69, 9.17) is 0 Å². The van der Waals surface area contributed by atoms with Gasteiger partial charge in [-0.15, -0.1) is 5.73 Å². The molecule has 72 valence electrons.